The Morgan fingerprint density at radius 3 is 1.81 bits per heavy atom. The summed E-state index contributed by atoms with van der Waals surface area (Å²) in [4.78, 5) is 0. The van der Waals surface area contributed by atoms with Crippen LogP contribution in [0.4, 0.5) is 26.3 Å². The number of hydrogen-bond acceptors (Lipinski definition) is 2. The molecule has 0 fully saturated rings. The fourth-order valence-corrected chi connectivity index (χ4v) is 3.25. The molecule has 0 saturated carbocycles. The van der Waals surface area contributed by atoms with Crippen LogP contribution in [0, 0.1) is 23.3 Å². The molecule has 0 bridgehead atoms. The van der Waals surface area contributed by atoms with Gasteiger partial charge in [0.25, 0.3) is 0 Å². The first kappa shape index (κ1) is 23.5. The molecule has 0 amide bonds. The van der Waals surface area contributed by atoms with Crippen LogP contribution in [0.5, 0.6) is 11.5 Å². The molecule has 3 aromatic carbocycles. The predicted molar refractivity (Wildman–Crippen MR) is 108 cm³/mol. The van der Waals surface area contributed by atoms with E-state index >= 15 is 0 Å². The topological polar surface area (TPSA) is 18.5 Å². The van der Waals surface area contributed by atoms with Gasteiger partial charge in [-0.15, -0.1) is 0 Å². The van der Waals surface area contributed by atoms with Gasteiger partial charge in [0.1, 0.15) is 22.9 Å². The van der Waals surface area contributed by atoms with Gasteiger partial charge in [-0.25, -0.2) is 17.6 Å². The molecule has 0 unspecified atom stereocenters. The minimum absolute atomic E-state index is 0.0563. The summed E-state index contributed by atoms with van der Waals surface area (Å²) >= 11 is 0. The fourth-order valence-electron chi connectivity index (χ4n) is 3.25. The maximum absolute atomic E-state index is 14.6. The molecule has 0 N–H and O–H groups in total. The first-order valence-corrected chi connectivity index (χ1v) is 9.93. The van der Waals surface area contributed by atoms with E-state index in [2.05, 4.69) is 4.74 Å². The van der Waals surface area contributed by atoms with Crippen LogP contribution in [-0.2, 0) is 12.5 Å². The van der Waals surface area contributed by atoms with E-state index in [9.17, 15) is 26.3 Å². The Morgan fingerprint density at radius 2 is 1.31 bits per heavy atom. The SMILES string of the molecule is CCCc1ccc(-c2cc(F)c(C(F)(F)Oc3cc(F)c(OCC)c(F)c3)c(F)c2)cc1. The molecule has 0 atom stereocenters. The molecule has 0 aromatic heterocycles. The highest BCUT2D eigenvalue weighted by Crippen LogP contribution is 2.38. The summed E-state index contributed by atoms with van der Waals surface area (Å²) in [6.07, 6.45) is -2.78. The highest BCUT2D eigenvalue weighted by molar-refractivity contribution is 5.64. The molecule has 0 saturated heterocycles. The highest BCUT2D eigenvalue weighted by atomic mass is 19.3. The first-order valence-electron chi connectivity index (χ1n) is 9.93. The van der Waals surface area contributed by atoms with Gasteiger partial charge in [-0.1, -0.05) is 37.6 Å². The molecule has 0 spiro atoms. The normalized spacial score (nSPS) is 11.5. The van der Waals surface area contributed by atoms with E-state index in [1.165, 1.54) is 6.92 Å². The average Bonchev–Trinajstić information content (AvgIpc) is 2.70. The number of rotatable bonds is 8. The minimum atomic E-state index is -4.54. The van der Waals surface area contributed by atoms with Crippen molar-refractivity contribution < 1.29 is 35.8 Å². The van der Waals surface area contributed by atoms with Crippen LogP contribution in [0.1, 0.15) is 31.4 Å². The maximum Gasteiger partial charge on any atom is 0.432 e. The van der Waals surface area contributed by atoms with Crippen LogP contribution in [-0.4, -0.2) is 6.61 Å². The van der Waals surface area contributed by atoms with Gasteiger partial charge in [0.05, 0.1) is 6.61 Å². The lowest BCUT2D eigenvalue weighted by Gasteiger charge is -2.20. The van der Waals surface area contributed by atoms with Crippen LogP contribution >= 0.6 is 0 Å². The molecular formula is C24H20F6O2. The van der Waals surface area contributed by atoms with E-state index in [1.54, 1.807) is 24.3 Å². The van der Waals surface area contributed by atoms with Gasteiger partial charge < -0.3 is 9.47 Å². The molecular weight excluding hydrogens is 434 g/mol. The summed E-state index contributed by atoms with van der Waals surface area (Å²) in [5, 5.41) is 0. The van der Waals surface area contributed by atoms with E-state index in [-0.39, 0.29) is 12.2 Å². The Kier molecular flexibility index (Phi) is 7.01. The smallest absolute Gasteiger partial charge is 0.432 e. The zero-order chi connectivity index (χ0) is 23.5. The third-order valence-electron chi connectivity index (χ3n) is 4.67. The van der Waals surface area contributed by atoms with Crippen molar-refractivity contribution in [2.75, 3.05) is 6.61 Å². The van der Waals surface area contributed by atoms with Crippen molar-refractivity contribution in [2.45, 2.75) is 32.8 Å². The molecule has 32 heavy (non-hydrogen) atoms. The minimum Gasteiger partial charge on any atom is -0.488 e. The molecule has 170 valence electrons. The number of hydrogen-bond donors (Lipinski definition) is 0. The number of halogens is 6. The van der Waals surface area contributed by atoms with Crippen molar-refractivity contribution in [1.29, 1.82) is 0 Å². The average molecular weight is 454 g/mol. The Morgan fingerprint density at radius 1 is 0.750 bits per heavy atom. The molecule has 2 nitrogen and oxygen atoms in total. The van der Waals surface area contributed by atoms with Gasteiger partial charge in [0, 0.05) is 12.1 Å². The van der Waals surface area contributed by atoms with Crippen LogP contribution in [0.25, 0.3) is 11.1 Å². The molecule has 0 heterocycles. The van der Waals surface area contributed by atoms with E-state index in [4.69, 9.17) is 4.74 Å². The third-order valence-corrected chi connectivity index (χ3v) is 4.67. The number of aryl methyl sites for hydroxylation is 1. The summed E-state index contributed by atoms with van der Waals surface area (Å²) in [5.41, 5.74) is -0.142. The summed E-state index contributed by atoms with van der Waals surface area (Å²) in [6, 6.07) is 9.25. The van der Waals surface area contributed by atoms with Gasteiger partial charge in [-0.2, -0.15) is 8.78 Å². The Labute approximate surface area is 181 Å². The third kappa shape index (κ3) is 5.00. The van der Waals surface area contributed by atoms with Gasteiger partial charge >= 0.3 is 6.11 Å². The second-order valence-electron chi connectivity index (χ2n) is 7.03. The standard InChI is InChI=1S/C24H20F6O2/c1-3-5-14-6-8-15(9-7-14)16-10-18(25)22(19(26)11-16)24(29,30)32-17-12-20(27)23(31-4-2)21(28)13-17/h6-13H,3-5H2,1-2H3. The van der Waals surface area contributed by atoms with E-state index in [1.807, 2.05) is 6.92 Å². The molecule has 0 radical (unpaired) electrons. The Bertz CT molecular complexity index is 1050. The summed E-state index contributed by atoms with van der Waals surface area (Å²) < 4.78 is 95.1. The predicted octanol–water partition coefficient (Wildman–Crippen LogP) is 7.39. The molecule has 8 heteroatoms. The summed E-state index contributed by atoms with van der Waals surface area (Å²) in [6.45, 7) is 3.43. The van der Waals surface area contributed by atoms with Crippen molar-refractivity contribution in [2.24, 2.45) is 0 Å². The number of ether oxygens (including phenoxy) is 2. The van der Waals surface area contributed by atoms with Crippen molar-refractivity contribution in [3.63, 3.8) is 0 Å². The van der Waals surface area contributed by atoms with Crippen molar-refractivity contribution in [3.05, 3.63) is 82.9 Å². The lowest BCUT2D eigenvalue weighted by molar-refractivity contribution is -0.189. The zero-order valence-corrected chi connectivity index (χ0v) is 17.3. The number of alkyl halides is 2. The van der Waals surface area contributed by atoms with Crippen LogP contribution in [0.15, 0.2) is 48.5 Å². The van der Waals surface area contributed by atoms with Crippen LogP contribution < -0.4 is 9.47 Å². The van der Waals surface area contributed by atoms with Crippen LogP contribution in [0.2, 0.25) is 0 Å². The second-order valence-corrected chi connectivity index (χ2v) is 7.03. The summed E-state index contributed by atoms with van der Waals surface area (Å²) in [7, 11) is 0. The van der Waals surface area contributed by atoms with Gasteiger partial charge in [0.2, 0.25) is 0 Å². The maximum atomic E-state index is 14.6. The summed E-state index contributed by atoms with van der Waals surface area (Å²) in [5.74, 6) is -7.43. The van der Waals surface area contributed by atoms with E-state index in [0.29, 0.717) is 17.7 Å². The lowest BCUT2D eigenvalue weighted by Crippen LogP contribution is -2.25. The fraction of sp³-hybridized carbons (Fsp3) is 0.250. The Balaban J connectivity index is 1.91. The largest absolute Gasteiger partial charge is 0.488 e. The molecule has 3 rings (SSSR count). The van der Waals surface area contributed by atoms with Crippen molar-refractivity contribution in [3.8, 4) is 22.6 Å². The van der Waals surface area contributed by atoms with Gasteiger partial charge in [0.15, 0.2) is 17.4 Å². The Hall–Kier alpha value is -3.16. The van der Waals surface area contributed by atoms with Crippen LogP contribution in [0.3, 0.4) is 0 Å². The quantitative estimate of drug-likeness (QED) is 0.331. The van der Waals surface area contributed by atoms with Crippen molar-refractivity contribution in [1.82, 2.24) is 0 Å². The lowest BCUT2D eigenvalue weighted by atomic mass is 10.00. The molecule has 0 aliphatic carbocycles. The van der Waals surface area contributed by atoms with Crippen molar-refractivity contribution >= 4 is 0 Å². The molecule has 0 aliphatic heterocycles. The zero-order valence-electron chi connectivity index (χ0n) is 17.3. The van der Waals surface area contributed by atoms with E-state index < -0.39 is 46.4 Å². The monoisotopic (exact) mass is 454 g/mol. The molecule has 3 aromatic rings. The van der Waals surface area contributed by atoms with Gasteiger partial charge in [-0.3, -0.25) is 0 Å². The first-order chi connectivity index (χ1) is 15.2. The second kappa shape index (κ2) is 9.54. The molecule has 0 aliphatic rings. The van der Waals surface area contributed by atoms with E-state index in [0.717, 1.165) is 30.5 Å². The highest BCUT2D eigenvalue weighted by Gasteiger charge is 2.41. The van der Waals surface area contributed by atoms with Gasteiger partial charge in [-0.05, 0) is 42.2 Å². The number of benzene rings is 3.